The third-order valence-corrected chi connectivity index (χ3v) is 3.99. The average molecular weight is 249 g/mol. The van der Waals surface area contributed by atoms with Crippen LogP contribution < -0.4 is 10.4 Å². The molecule has 88 valence electrons. The van der Waals surface area contributed by atoms with E-state index in [0.717, 1.165) is 45.0 Å². The molecule has 1 spiro atoms. The zero-order valence-corrected chi connectivity index (χ0v) is 10.4. The molecule has 2 saturated heterocycles. The van der Waals surface area contributed by atoms with Gasteiger partial charge in [-0.1, -0.05) is 23.1 Å². The van der Waals surface area contributed by atoms with Crippen LogP contribution in [0.2, 0.25) is 5.15 Å². The Morgan fingerprint density at radius 1 is 1.29 bits per heavy atom. The Hall–Kier alpha value is -0.735. The monoisotopic (exact) mass is 248 g/mol. The van der Waals surface area contributed by atoms with Gasteiger partial charge >= 0.3 is 0 Å². The Morgan fingerprint density at radius 2 is 2.00 bits per heavy atom. The molecule has 0 bridgehead atoms. The maximum Gasteiger partial charge on any atom is 0.131 e. The van der Waals surface area contributed by atoms with Crippen molar-refractivity contribution in [3.8, 4) is 0 Å². The topological polar surface area (TPSA) is 25.4 Å². The average Bonchev–Trinajstić information content (AvgIpc) is 2.30. The van der Waals surface area contributed by atoms with Crippen molar-refractivity contribution in [1.29, 1.82) is 0 Å². The minimum atomic E-state index is 0.425. The number of halogens is 1. The Balaban J connectivity index is 1.74. The summed E-state index contributed by atoms with van der Waals surface area (Å²) in [7, 11) is 5.93. The summed E-state index contributed by atoms with van der Waals surface area (Å²) in [5, 5.41) is 0.502. The second-order valence-electron chi connectivity index (χ2n) is 5.02. The molecule has 2 fully saturated rings. The number of pyridine rings is 1. The summed E-state index contributed by atoms with van der Waals surface area (Å²) in [6.07, 6.45) is 2.29. The van der Waals surface area contributed by atoms with Crippen molar-refractivity contribution in [2.24, 2.45) is 5.41 Å². The van der Waals surface area contributed by atoms with E-state index >= 15 is 0 Å². The first-order valence-corrected chi connectivity index (χ1v) is 6.31. The van der Waals surface area contributed by atoms with Gasteiger partial charge in [-0.3, -0.25) is 0 Å². The van der Waals surface area contributed by atoms with Crippen LogP contribution in [0, 0.1) is 5.41 Å². The van der Waals surface area contributed by atoms with Gasteiger partial charge in [-0.15, -0.1) is 0 Å². The van der Waals surface area contributed by atoms with Crippen LogP contribution >= 0.6 is 11.6 Å². The van der Waals surface area contributed by atoms with Crippen LogP contribution in [0.1, 0.15) is 12.8 Å². The lowest BCUT2D eigenvalue weighted by molar-refractivity contribution is -0.000383. The van der Waals surface area contributed by atoms with Gasteiger partial charge in [0.2, 0.25) is 0 Å². The van der Waals surface area contributed by atoms with E-state index in [9.17, 15) is 0 Å². The predicted octanol–water partition coefficient (Wildman–Crippen LogP) is 1.15. The van der Waals surface area contributed by atoms with E-state index in [-0.39, 0.29) is 0 Å². The Bertz CT molecular complexity index is 427. The second-order valence-corrected chi connectivity index (χ2v) is 5.40. The molecule has 0 N–H and O–H groups in total. The highest BCUT2D eigenvalue weighted by Crippen LogP contribution is 2.41. The Labute approximate surface area is 108 Å². The molecule has 0 unspecified atom stereocenters. The van der Waals surface area contributed by atoms with Crippen LogP contribution in [-0.4, -0.2) is 39.1 Å². The highest BCUT2D eigenvalue weighted by atomic mass is 35.5. The van der Waals surface area contributed by atoms with E-state index in [1.807, 2.05) is 6.07 Å². The fraction of sp³-hybridized carbons (Fsp3) is 0.583. The Morgan fingerprint density at radius 3 is 2.71 bits per heavy atom. The molecule has 2 radical (unpaired) electrons. The molecule has 0 saturated carbocycles. The van der Waals surface area contributed by atoms with Crippen LogP contribution in [0.5, 0.6) is 0 Å². The van der Waals surface area contributed by atoms with Crippen LogP contribution in [0.4, 0.5) is 5.82 Å². The molecule has 1 aromatic rings. The largest absolute Gasteiger partial charge is 0.381 e. The molecule has 0 amide bonds. The number of anilines is 1. The van der Waals surface area contributed by atoms with E-state index in [1.54, 1.807) is 6.07 Å². The first kappa shape index (κ1) is 11.4. The van der Waals surface area contributed by atoms with Gasteiger partial charge < -0.3 is 9.64 Å². The van der Waals surface area contributed by atoms with Gasteiger partial charge in [-0.2, -0.15) is 0 Å². The lowest BCUT2D eigenvalue weighted by atomic mass is 9.73. The summed E-state index contributed by atoms with van der Waals surface area (Å²) in [5.41, 5.74) is 1.13. The quantitative estimate of drug-likeness (QED) is 0.551. The number of rotatable bonds is 1. The zero-order valence-electron chi connectivity index (χ0n) is 9.66. The summed E-state index contributed by atoms with van der Waals surface area (Å²) < 4.78 is 5.40. The number of nitrogens with zero attached hydrogens (tertiary/aromatic N) is 2. The molecule has 3 nitrogen and oxygen atoms in total. The maximum absolute atomic E-state index is 5.93. The van der Waals surface area contributed by atoms with Crippen LogP contribution in [0.25, 0.3) is 0 Å². The van der Waals surface area contributed by atoms with Gasteiger partial charge in [0.25, 0.3) is 0 Å². The highest BCUT2D eigenvalue weighted by molar-refractivity contribution is 6.36. The van der Waals surface area contributed by atoms with Crippen molar-refractivity contribution < 1.29 is 4.74 Å². The van der Waals surface area contributed by atoms with Gasteiger partial charge in [0.1, 0.15) is 18.8 Å². The summed E-state index contributed by atoms with van der Waals surface area (Å²) in [4.78, 5) is 6.52. The molecule has 0 aromatic carbocycles. The lowest BCUT2D eigenvalue weighted by Crippen LogP contribution is -2.59. The van der Waals surface area contributed by atoms with Gasteiger partial charge in [-0.25, -0.2) is 4.98 Å². The van der Waals surface area contributed by atoms with Gasteiger partial charge in [-0.05, 0) is 18.9 Å². The van der Waals surface area contributed by atoms with E-state index in [2.05, 4.69) is 9.88 Å². The van der Waals surface area contributed by atoms with E-state index in [1.165, 1.54) is 0 Å². The highest BCUT2D eigenvalue weighted by Gasteiger charge is 2.44. The predicted molar refractivity (Wildman–Crippen MR) is 69.3 cm³/mol. The fourth-order valence-corrected chi connectivity index (χ4v) is 2.87. The summed E-state index contributed by atoms with van der Waals surface area (Å²) in [5.74, 6) is 0.828. The van der Waals surface area contributed by atoms with E-state index < -0.39 is 0 Å². The van der Waals surface area contributed by atoms with E-state index in [4.69, 9.17) is 24.2 Å². The van der Waals surface area contributed by atoms with Gasteiger partial charge in [0.05, 0.1) is 0 Å². The smallest absolute Gasteiger partial charge is 0.131 e. The van der Waals surface area contributed by atoms with Crippen molar-refractivity contribution >= 4 is 30.7 Å². The van der Waals surface area contributed by atoms with Gasteiger partial charge in [0, 0.05) is 31.7 Å². The second kappa shape index (κ2) is 4.18. The number of hydrogen-bond donors (Lipinski definition) is 0. The normalized spacial score (nSPS) is 22.5. The third kappa shape index (κ3) is 2.04. The minimum absolute atomic E-state index is 0.425. The fourth-order valence-electron chi connectivity index (χ4n) is 2.72. The number of ether oxygens (including phenoxy) is 1. The maximum atomic E-state index is 5.93. The van der Waals surface area contributed by atoms with Crippen LogP contribution in [0.3, 0.4) is 0 Å². The molecule has 0 atom stereocenters. The minimum Gasteiger partial charge on any atom is -0.381 e. The molecule has 2 aliphatic rings. The van der Waals surface area contributed by atoms with Gasteiger partial charge in [0.15, 0.2) is 0 Å². The van der Waals surface area contributed by atoms with Crippen LogP contribution in [0.15, 0.2) is 12.1 Å². The Kier molecular flexibility index (Phi) is 2.79. The summed E-state index contributed by atoms with van der Waals surface area (Å²) in [6, 6.07) is 3.55. The zero-order chi connectivity index (χ0) is 11.9. The molecule has 3 heterocycles. The van der Waals surface area contributed by atoms with Crippen molar-refractivity contribution in [3.63, 3.8) is 0 Å². The summed E-state index contributed by atoms with van der Waals surface area (Å²) >= 11 is 5.91. The molecule has 5 heteroatoms. The molecule has 0 aliphatic carbocycles. The molecule has 2 aliphatic heterocycles. The van der Waals surface area contributed by atoms with Crippen molar-refractivity contribution in [2.75, 3.05) is 31.2 Å². The molecule has 17 heavy (non-hydrogen) atoms. The number of hydrogen-bond acceptors (Lipinski definition) is 3. The van der Waals surface area contributed by atoms with Crippen molar-refractivity contribution in [1.82, 2.24) is 4.98 Å². The number of aromatic nitrogens is 1. The molecule has 3 rings (SSSR count). The van der Waals surface area contributed by atoms with Crippen LogP contribution in [-0.2, 0) is 4.74 Å². The standard InChI is InChI=1S/C12H14BClN2O/c13-9-1-2-10(14)15-11(9)16-7-12(8-16)3-5-17-6-4-12/h1-2H,3-8H2. The van der Waals surface area contributed by atoms with Crippen molar-refractivity contribution in [2.45, 2.75) is 12.8 Å². The first-order chi connectivity index (χ1) is 8.19. The molecular weight excluding hydrogens is 234 g/mol. The van der Waals surface area contributed by atoms with E-state index in [0.29, 0.717) is 16.0 Å². The van der Waals surface area contributed by atoms with Crippen molar-refractivity contribution in [3.05, 3.63) is 17.3 Å². The molecular formula is C12H14BClN2O. The SMILES string of the molecule is [B]c1ccc(Cl)nc1N1CC2(CCOCC2)C1. The molecule has 1 aromatic heterocycles. The third-order valence-electron chi connectivity index (χ3n) is 3.78. The summed E-state index contributed by atoms with van der Waals surface area (Å²) in [6.45, 7) is 3.81. The lowest BCUT2D eigenvalue weighted by Gasteiger charge is -2.53. The first-order valence-electron chi connectivity index (χ1n) is 5.93.